The van der Waals surface area contributed by atoms with Crippen molar-refractivity contribution in [3.05, 3.63) is 53.7 Å². The summed E-state index contributed by atoms with van der Waals surface area (Å²) >= 11 is 1.72. The summed E-state index contributed by atoms with van der Waals surface area (Å²) in [6, 6.07) is 13.2. The molecule has 3 heterocycles. The van der Waals surface area contributed by atoms with E-state index in [0.717, 1.165) is 48.2 Å². The fourth-order valence-electron chi connectivity index (χ4n) is 3.48. The molecule has 2 aromatic carbocycles. The first-order valence-electron chi connectivity index (χ1n) is 8.48. The van der Waals surface area contributed by atoms with E-state index in [4.69, 9.17) is 9.97 Å². The lowest BCUT2D eigenvalue weighted by Crippen LogP contribution is -2.20. The number of aromatic nitrogens is 2. The predicted octanol–water partition coefficient (Wildman–Crippen LogP) is 5.25. The summed E-state index contributed by atoms with van der Waals surface area (Å²) in [7, 11) is 0. The SMILES string of the molecule is Fc1ccc2nc(-c3ccc4ccsc4c3)nc(N3CCCC3)c2c1. The molecule has 0 spiro atoms. The van der Waals surface area contributed by atoms with Gasteiger partial charge in [0, 0.05) is 28.7 Å². The second-order valence-corrected chi connectivity index (χ2v) is 7.35. The van der Waals surface area contributed by atoms with E-state index in [1.165, 1.54) is 16.2 Å². The number of thiophene rings is 1. The summed E-state index contributed by atoms with van der Waals surface area (Å²) in [5.41, 5.74) is 1.79. The lowest BCUT2D eigenvalue weighted by molar-refractivity contribution is 0.629. The third-order valence-electron chi connectivity index (χ3n) is 4.76. The molecule has 0 atom stereocenters. The second-order valence-electron chi connectivity index (χ2n) is 6.40. The van der Waals surface area contributed by atoms with Crippen LogP contribution >= 0.6 is 11.3 Å². The van der Waals surface area contributed by atoms with Crippen LogP contribution in [0.3, 0.4) is 0 Å². The van der Waals surface area contributed by atoms with Crippen molar-refractivity contribution < 1.29 is 4.39 Å². The van der Waals surface area contributed by atoms with Crippen LogP contribution in [0.25, 0.3) is 32.4 Å². The number of halogens is 1. The lowest BCUT2D eigenvalue weighted by Gasteiger charge is -2.19. The zero-order valence-corrected chi connectivity index (χ0v) is 14.4. The third-order valence-corrected chi connectivity index (χ3v) is 5.64. The third kappa shape index (κ3) is 2.55. The lowest BCUT2D eigenvalue weighted by atomic mass is 10.1. The van der Waals surface area contributed by atoms with Crippen LogP contribution in [0.15, 0.2) is 47.8 Å². The van der Waals surface area contributed by atoms with Gasteiger partial charge in [0.05, 0.1) is 5.52 Å². The van der Waals surface area contributed by atoms with Gasteiger partial charge in [0.15, 0.2) is 5.82 Å². The van der Waals surface area contributed by atoms with E-state index in [0.29, 0.717) is 5.82 Å². The Morgan fingerprint density at radius 3 is 2.72 bits per heavy atom. The Balaban J connectivity index is 1.73. The molecule has 0 aliphatic carbocycles. The molecule has 0 saturated carbocycles. The topological polar surface area (TPSA) is 29.0 Å². The zero-order chi connectivity index (χ0) is 16.8. The van der Waals surface area contributed by atoms with Crippen LogP contribution in [0.5, 0.6) is 0 Å². The van der Waals surface area contributed by atoms with E-state index < -0.39 is 0 Å². The summed E-state index contributed by atoms with van der Waals surface area (Å²) in [6.45, 7) is 1.93. The van der Waals surface area contributed by atoms with Gasteiger partial charge in [-0.2, -0.15) is 0 Å². The average Bonchev–Trinajstić information content (AvgIpc) is 3.31. The standard InChI is InChI=1S/C20H16FN3S/c21-15-5-6-17-16(12-15)20(24-8-1-2-9-24)23-19(22-17)14-4-3-13-7-10-25-18(13)11-14/h3-7,10-12H,1-2,8-9H2. The Bertz CT molecular complexity index is 1080. The molecule has 0 amide bonds. The Morgan fingerprint density at radius 2 is 1.84 bits per heavy atom. The monoisotopic (exact) mass is 349 g/mol. The van der Waals surface area contributed by atoms with Crippen LogP contribution in [0, 0.1) is 5.82 Å². The number of rotatable bonds is 2. The molecule has 3 nitrogen and oxygen atoms in total. The van der Waals surface area contributed by atoms with Gasteiger partial charge in [-0.05, 0) is 53.9 Å². The highest BCUT2D eigenvalue weighted by atomic mass is 32.1. The van der Waals surface area contributed by atoms with Crippen molar-refractivity contribution in [2.75, 3.05) is 18.0 Å². The fraction of sp³-hybridized carbons (Fsp3) is 0.200. The highest BCUT2D eigenvalue weighted by Gasteiger charge is 2.19. The van der Waals surface area contributed by atoms with Gasteiger partial charge >= 0.3 is 0 Å². The van der Waals surface area contributed by atoms with E-state index in [9.17, 15) is 4.39 Å². The van der Waals surface area contributed by atoms with Crippen molar-refractivity contribution in [1.82, 2.24) is 9.97 Å². The van der Waals surface area contributed by atoms with Gasteiger partial charge in [0.25, 0.3) is 0 Å². The first kappa shape index (κ1) is 14.8. The summed E-state index contributed by atoms with van der Waals surface area (Å²) in [5, 5.41) is 4.12. The minimum Gasteiger partial charge on any atom is -0.356 e. The molecule has 1 aliphatic rings. The number of fused-ring (bicyclic) bond motifs is 2. The number of benzene rings is 2. The van der Waals surface area contributed by atoms with Crippen LogP contribution < -0.4 is 4.90 Å². The molecule has 5 rings (SSSR count). The van der Waals surface area contributed by atoms with E-state index in [1.54, 1.807) is 23.5 Å². The molecule has 0 unspecified atom stereocenters. The minimum atomic E-state index is -0.246. The second kappa shape index (κ2) is 5.77. The molecular weight excluding hydrogens is 333 g/mol. The molecule has 124 valence electrons. The number of hydrogen-bond donors (Lipinski definition) is 0. The van der Waals surface area contributed by atoms with Crippen molar-refractivity contribution in [2.45, 2.75) is 12.8 Å². The fourth-order valence-corrected chi connectivity index (χ4v) is 4.31. The van der Waals surface area contributed by atoms with Crippen LogP contribution in [0.2, 0.25) is 0 Å². The Hall–Kier alpha value is -2.53. The molecule has 0 N–H and O–H groups in total. The quantitative estimate of drug-likeness (QED) is 0.495. The van der Waals surface area contributed by atoms with Crippen LogP contribution in [0.1, 0.15) is 12.8 Å². The molecule has 2 aromatic heterocycles. The maximum atomic E-state index is 13.8. The van der Waals surface area contributed by atoms with Crippen molar-refractivity contribution >= 4 is 38.1 Å². The van der Waals surface area contributed by atoms with E-state index >= 15 is 0 Å². The molecule has 1 fully saturated rings. The van der Waals surface area contributed by atoms with Gasteiger partial charge in [0.1, 0.15) is 11.6 Å². The van der Waals surface area contributed by atoms with Crippen LogP contribution in [-0.4, -0.2) is 23.1 Å². The zero-order valence-electron chi connectivity index (χ0n) is 13.6. The number of nitrogens with zero attached hydrogens (tertiary/aromatic N) is 3. The predicted molar refractivity (Wildman–Crippen MR) is 102 cm³/mol. The molecule has 0 bridgehead atoms. The molecule has 0 radical (unpaired) electrons. The molecule has 25 heavy (non-hydrogen) atoms. The van der Waals surface area contributed by atoms with E-state index in [2.05, 4.69) is 34.5 Å². The smallest absolute Gasteiger partial charge is 0.162 e. The first-order valence-corrected chi connectivity index (χ1v) is 9.36. The maximum Gasteiger partial charge on any atom is 0.162 e. The Labute approximate surface area is 148 Å². The van der Waals surface area contributed by atoms with Gasteiger partial charge < -0.3 is 4.90 Å². The Morgan fingerprint density at radius 1 is 0.960 bits per heavy atom. The van der Waals surface area contributed by atoms with Crippen molar-refractivity contribution in [3.8, 4) is 11.4 Å². The molecule has 1 aliphatic heterocycles. The summed E-state index contributed by atoms with van der Waals surface area (Å²) in [6.07, 6.45) is 2.30. The molecular formula is C20H16FN3S. The van der Waals surface area contributed by atoms with Gasteiger partial charge in [-0.15, -0.1) is 11.3 Å². The maximum absolute atomic E-state index is 13.8. The highest BCUT2D eigenvalue weighted by Crippen LogP contribution is 2.32. The minimum absolute atomic E-state index is 0.246. The van der Waals surface area contributed by atoms with Crippen molar-refractivity contribution in [2.24, 2.45) is 0 Å². The van der Waals surface area contributed by atoms with E-state index in [-0.39, 0.29) is 5.82 Å². The molecule has 4 aromatic rings. The number of anilines is 1. The largest absolute Gasteiger partial charge is 0.356 e. The summed E-state index contributed by atoms with van der Waals surface area (Å²) < 4.78 is 15.0. The molecule has 1 saturated heterocycles. The molecule has 5 heteroatoms. The summed E-state index contributed by atoms with van der Waals surface area (Å²) in [5.74, 6) is 1.31. The van der Waals surface area contributed by atoms with Gasteiger partial charge in [0.2, 0.25) is 0 Å². The van der Waals surface area contributed by atoms with E-state index in [1.807, 2.05) is 0 Å². The number of hydrogen-bond acceptors (Lipinski definition) is 4. The van der Waals surface area contributed by atoms with Gasteiger partial charge in [-0.1, -0.05) is 12.1 Å². The van der Waals surface area contributed by atoms with Crippen LogP contribution in [-0.2, 0) is 0 Å². The normalized spacial score (nSPS) is 14.7. The van der Waals surface area contributed by atoms with Crippen molar-refractivity contribution in [3.63, 3.8) is 0 Å². The van der Waals surface area contributed by atoms with Crippen LogP contribution in [0.4, 0.5) is 10.2 Å². The summed E-state index contributed by atoms with van der Waals surface area (Å²) in [4.78, 5) is 11.8. The Kier molecular flexibility index (Phi) is 3.41. The first-order chi connectivity index (χ1) is 12.3. The van der Waals surface area contributed by atoms with Gasteiger partial charge in [-0.25, -0.2) is 14.4 Å². The van der Waals surface area contributed by atoms with Gasteiger partial charge in [-0.3, -0.25) is 0 Å². The highest BCUT2D eigenvalue weighted by molar-refractivity contribution is 7.17. The van der Waals surface area contributed by atoms with Crippen molar-refractivity contribution in [1.29, 1.82) is 0 Å². The average molecular weight is 349 g/mol.